The number of hydrogen-bond acceptors (Lipinski definition) is 4. The molecule has 4 nitrogen and oxygen atoms in total. The molecular weight excluding hydrogens is 250 g/mol. The number of rotatable bonds is 3. The van der Waals surface area contributed by atoms with E-state index in [0.717, 1.165) is 37.8 Å². The summed E-state index contributed by atoms with van der Waals surface area (Å²) in [7, 11) is 0. The normalized spacial score (nSPS) is 20.2. The van der Waals surface area contributed by atoms with E-state index in [1.54, 1.807) is 0 Å². The third kappa shape index (κ3) is 3.93. The first-order valence-electron chi connectivity index (χ1n) is 7.43. The van der Waals surface area contributed by atoms with Crippen molar-refractivity contribution in [2.24, 2.45) is 0 Å². The molecule has 0 radical (unpaired) electrons. The van der Waals surface area contributed by atoms with Crippen molar-refractivity contribution in [1.29, 1.82) is 0 Å². The van der Waals surface area contributed by atoms with Crippen LogP contribution in [0.15, 0.2) is 12.1 Å². The molecule has 4 heteroatoms. The van der Waals surface area contributed by atoms with Gasteiger partial charge in [0.05, 0.1) is 19.3 Å². The monoisotopic (exact) mass is 277 g/mol. The fraction of sp³-hybridized carbons (Fsp3) is 0.688. The first-order chi connectivity index (χ1) is 9.37. The Kier molecular flexibility index (Phi) is 4.66. The lowest BCUT2D eigenvalue weighted by atomic mass is 10.1. The highest BCUT2D eigenvalue weighted by Crippen LogP contribution is 2.19. The summed E-state index contributed by atoms with van der Waals surface area (Å²) in [6.45, 7) is 14.2. The summed E-state index contributed by atoms with van der Waals surface area (Å²) in [5.74, 6) is 1.07. The van der Waals surface area contributed by atoms with Gasteiger partial charge in [-0.25, -0.2) is 4.98 Å². The van der Waals surface area contributed by atoms with Gasteiger partial charge < -0.3 is 15.0 Å². The highest BCUT2D eigenvalue weighted by atomic mass is 16.5. The van der Waals surface area contributed by atoms with Crippen LogP contribution < -0.4 is 10.2 Å². The van der Waals surface area contributed by atoms with Crippen molar-refractivity contribution in [2.45, 2.75) is 52.7 Å². The number of pyridine rings is 1. The average Bonchev–Trinajstić information content (AvgIpc) is 2.37. The smallest absolute Gasteiger partial charge is 0.129 e. The molecule has 0 aliphatic carbocycles. The minimum absolute atomic E-state index is 0.129. The maximum Gasteiger partial charge on any atom is 0.129 e. The van der Waals surface area contributed by atoms with E-state index in [4.69, 9.17) is 9.72 Å². The van der Waals surface area contributed by atoms with Gasteiger partial charge in [0.25, 0.3) is 0 Å². The highest BCUT2D eigenvalue weighted by molar-refractivity contribution is 5.43. The number of aromatic nitrogens is 1. The van der Waals surface area contributed by atoms with E-state index < -0.39 is 0 Å². The minimum Gasteiger partial charge on any atom is -0.377 e. The van der Waals surface area contributed by atoms with Crippen molar-refractivity contribution in [1.82, 2.24) is 10.3 Å². The molecule has 1 fully saturated rings. The molecule has 0 saturated carbocycles. The topological polar surface area (TPSA) is 37.4 Å². The molecule has 2 heterocycles. The SMILES string of the molecule is Cc1nc(N2CCOCC2C)ccc1CNC(C)(C)C. The summed E-state index contributed by atoms with van der Waals surface area (Å²) >= 11 is 0. The van der Waals surface area contributed by atoms with E-state index in [9.17, 15) is 0 Å². The van der Waals surface area contributed by atoms with Gasteiger partial charge >= 0.3 is 0 Å². The number of hydrogen-bond donors (Lipinski definition) is 1. The van der Waals surface area contributed by atoms with Crippen molar-refractivity contribution < 1.29 is 4.74 Å². The molecule has 1 N–H and O–H groups in total. The lowest BCUT2D eigenvalue weighted by molar-refractivity contribution is 0.0985. The van der Waals surface area contributed by atoms with E-state index >= 15 is 0 Å². The van der Waals surface area contributed by atoms with Crippen LogP contribution in [-0.2, 0) is 11.3 Å². The lowest BCUT2D eigenvalue weighted by Gasteiger charge is -2.34. The van der Waals surface area contributed by atoms with Crippen LogP contribution in [0.5, 0.6) is 0 Å². The third-order valence-electron chi connectivity index (χ3n) is 3.65. The standard InChI is InChI=1S/C16H27N3O/c1-12-11-20-9-8-19(12)15-7-6-14(13(2)18-15)10-17-16(3,4)5/h6-7,12,17H,8-11H2,1-5H3. The van der Waals surface area contributed by atoms with E-state index in [-0.39, 0.29) is 5.54 Å². The van der Waals surface area contributed by atoms with E-state index in [1.807, 2.05) is 0 Å². The predicted molar refractivity (Wildman–Crippen MR) is 83.2 cm³/mol. The van der Waals surface area contributed by atoms with Gasteiger partial charge in [-0.1, -0.05) is 6.07 Å². The maximum atomic E-state index is 5.48. The van der Waals surface area contributed by atoms with Gasteiger partial charge in [0.1, 0.15) is 5.82 Å². The molecule has 0 amide bonds. The zero-order valence-corrected chi connectivity index (χ0v) is 13.4. The number of anilines is 1. The molecule has 1 unspecified atom stereocenters. The van der Waals surface area contributed by atoms with Gasteiger partial charge in [-0.2, -0.15) is 0 Å². The zero-order chi connectivity index (χ0) is 14.8. The molecule has 1 atom stereocenters. The number of ether oxygens (including phenoxy) is 1. The number of nitrogens with one attached hydrogen (secondary N) is 1. The van der Waals surface area contributed by atoms with E-state index in [2.05, 4.69) is 57.0 Å². The number of nitrogens with zero attached hydrogens (tertiary/aromatic N) is 2. The quantitative estimate of drug-likeness (QED) is 0.921. The second-order valence-corrected chi connectivity index (χ2v) is 6.63. The fourth-order valence-corrected chi connectivity index (χ4v) is 2.35. The summed E-state index contributed by atoms with van der Waals surface area (Å²) < 4.78 is 5.48. The van der Waals surface area contributed by atoms with Crippen LogP contribution in [0.2, 0.25) is 0 Å². The predicted octanol–water partition coefficient (Wildman–Crippen LogP) is 2.50. The number of morpholine rings is 1. The molecule has 0 spiro atoms. The van der Waals surface area contributed by atoms with Crippen molar-refractivity contribution in [3.63, 3.8) is 0 Å². The van der Waals surface area contributed by atoms with Crippen LogP contribution >= 0.6 is 0 Å². The van der Waals surface area contributed by atoms with Gasteiger partial charge in [0, 0.05) is 24.3 Å². The molecule has 1 aliphatic heterocycles. The van der Waals surface area contributed by atoms with Crippen LogP contribution in [-0.4, -0.2) is 36.3 Å². The van der Waals surface area contributed by atoms with Crippen molar-refractivity contribution in [3.8, 4) is 0 Å². The van der Waals surface area contributed by atoms with Gasteiger partial charge in [-0.3, -0.25) is 0 Å². The molecule has 1 aromatic rings. The minimum atomic E-state index is 0.129. The lowest BCUT2D eigenvalue weighted by Crippen LogP contribution is -2.44. The molecular formula is C16H27N3O. The molecule has 0 aromatic carbocycles. The maximum absolute atomic E-state index is 5.48. The van der Waals surface area contributed by atoms with Gasteiger partial charge in [0.15, 0.2) is 0 Å². The first-order valence-corrected chi connectivity index (χ1v) is 7.43. The average molecular weight is 277 g/mol. The van der Waals surface area contributed by atoms with Crippen LogP contribution in [0, 0.1) is 6.92 Å². The highest BCUT2D eigenvalue weighted by Gasteiger charge is 2.20. The van der Waals surface area contributed by atoms with Crippen LogP contribution in [0.1, 0.15) is 39.0 Å². The molecule has 2 rings (SSSR count). The van der Waals surface area contributed by atoms with E-state index in [0.29, 0.717) is 6.04 Å². The van der Waals surface area contributed by atoms with Gasteiger partial charge in [-0.15, -0.1) is 0 Å². The second kappa shape index (κ2) is 6.10. The number of aryl methyl sites for hydroxylation is 1. The van der Waals surface area contributed by atoms with Crippen LogP contribution in [0.25, 0.3) is 0 Å². The van der Waals surface area contributed by atoms with Crippen molar-refractivity contribution >= 4 is 5.82 Å². The Labute approximate surface area is 122 Å². The Morgan fingerprint density at radius 3 is 2.75 bits per heavy atom. The Hall–Kier alpha value is -1.13. The molecule has 1 aromatic heterocycles. The largest absolute Gasteiger partial charge is 0.377 e. The Morgan fingerprint density at radius 2 is 2.15 bits per heavy atom. The summed E-state index contributed by atoms with van der Waals surface area (Å²) in [6, 6.07) is 4.72. The summed E-state index contributed by atoms with van der Waals surface area (Å²) in [4.78, 5) is 7.11. The van der Waals surface area contributed by atoms with Crippen LogP contribution in [0.3, 0.4) is 0 Å². The Balaban J connectivity index is 2.09. The molecule has 112 valence electrons. The van der Waals surface area contributed by atoms with Gasteiger partial charge in [-0.05, 0) is 46.2 Å². The Bertz CT molecular complexity index is 454. The van der Waals surface area contributed by atoms with Crippen molar-refractivity contribution in [3.05, 3.63) is 23.4 Å². The molecule has 0 bridgehead atoms. The molecule has 20 heavy (non-hydrogen) atoms. The molecule has 1 aliphatic rings. The summed E-state index contributed by atoms with van der Waals surface area (Å²) in [5, 5.41) is 3.51. The van der Waals surface area contributed by atoms with Crippen molar-refractivity contribution in [2.75, 3.05) is 24.7 Å². The summed E-state index contributed by atoms with van der Waals surface area (Å²) in [5.41, 5.74) is 2.51. The Morgan fingerprint density at radius 1 is 1.40 bits per heavy atom. The first kappa shape index (κ1) is 15.3. The fourth-order valence-electron chi connectivity index (χ4n) is 2.35. The zero-order valence-electron chi connectivity index (χ0n) is 13.4. The second-order valence-electron chi connectivity index (χ2n) is 6.63. The third-order valence-corrected chi connectivity index (χ3v) is 3.65. The van der Waals surface area contributed by atoms with E-state index in [1.165, 1.54) is 5.56 Å². The van der Waals surface area contributed by atoms with Gasteiger partial charge in [0.2, 0.25) is 0 Å². The summed E-state index contributed by atoms with van der Waals surface area (Å²) in [6.07, 6.45) is 0. The molecule has 1 saturated heterocycles. The van der Waals surface area contributed by atoms with Crippen LogP contribution in [0.4, 0.5) is 5.82 Å².